The Labute approximate surface area is 121 Å². The molecular weight excluding hydrogens is 306 g/mol. The molecule has 0 unspecified atom stereocenters. The van der Waals surface area contributed by atoms with Crippen molar-refractivity contribution in [3.8, 4) is 0 Å². The fourth-order valence-corrected chi connectivity index (χ4v) is 2.72. The first kappa shape index (κ1) is 12.9. The largest absolute Gasteiger partial charge is 0.360 e. The van der Waals surface area contributed by atoms with E-state index in [9.17, 15) is 4.79 Å². The second-order valence-electron chi connectivity index (χ2n) is 5.20. The van der Waals surface area contributed by atoms with E-state index in [-0.39, 0.29) is 5.91 Å². The zero-order chi connectivity index (χ0) is 13.2. The van der Waals surface area contributed by atoms with E-state index in [1.54, 1.807) is 0 Å². The molecule has 1 aromatic rings. The van der Waals surface area contributed by atoms with Gasteiger partial charge in [-0.1, -0.05) is 22.0 Å². The Balaban J connectivity index is 1.79. The lowest BCUT2D eigenvalue weighted by Gasteiger charge is -2.30. The summed E-state index contributed by atoms with van der Waals surface area (Å²) in [6.45, 7) is 2.93. The van der Waals surface area contributed by atoms with Crippen LogP contribution < -0.4 is 15.5 Å². The number of hydrogen-bond donors (Lipinski definition) is 2. The first-order chi connectivity index (χ1) is 9.22. The first-order valence-electron chi connectivity index (χ1n) is 6.76. The molecule has 4 nitrogen and oxygen atoms in total. The third-order valence-corrected chi connectivity index (χ3v) is 4.08. The molecule has 0 bridgehead atoms. The third-order valence-electron chi connectivity index (χ3n) is 3.58. The lowest BCUT2D eigenvalue weighted by atomic mass is 10.1. The van der Waals surface area contributed by atoms with Gasteiger partial charge >= 0.3 is 0 Å². The van der Waals surface area contributed by atoms with Gasteiger partial charge in [-0.25, -0.2) is 0 Å². The summed E-state index contributed by atoms with van der Waals surface area (Å²) in [6, 6.07) is 7.02. The summed E-state index contributed by atoms with van der Waals surface area (Å²) in [7, 11) is 0. The quantitative estimate of drug-likeness (QED) is 0.885. The number of piperazine rings is 1. The van der Waals surface area contributed by atoms with Crippen molar-refractivity contribution in [1.29, 1.82) is 0 Å². The fraction of sp³-hybridized carbons (Fsp3) is 0.500. The van der Waals surface area contributed by atoms with Crippen molar-refractivity contribution in [2.75, 3.05) is 24.5 Å². The summed E-state index contributed by atoms with van der Waals surface area (Å²) in [6.07, 6.45) is 2.58. The van der Waals surface area contributed by atoms with Crippen molar-refractivity contribution >= 4 is 27.5 Å². The molecule has 19 heavy (non-hydrogen) atoms. The minimum absolute atomic E-state index is 0.104. The minimum atomic E-state index is 0.104. The van der Waals surface area contributed by atoms with E-state index in [0.717, 1.165) is 29.8 Å². The maximum Gasteiger partial charge on any atom is 0.239 e. The van der Waals surface area contributed by atoms with E-state index >= 15 is 0 Å². The highest BCUT2D eigenvalue weighted by Gasteiger charge is 2.22. The lowest BCUT2D eigenvalue weighted by Crippen LogP contribution is -2.48. The second kappa shape index (κ2) is 5.51. The van der Waals surface area contributed by atoms with E-state index in [1.165, 1.54) is 18.4 Å². The van der Waals surface area contributed by atoms with Gasteiger partial charge < -0.3 is 15.5 Å². The van der Waals surface area contributed by atoms with Gasteiger partial charge in [-0.15, -0.1) is 0 Å². The van der Waals surface area contributed by atoms with Gasteiger partial charge in [-0.3, -0.25) is 4.79 Å². The molecule has 1 aliphatic carbocycles. The number of nitrogens with zero attached hydrogens (tertiary/aromatic N) is 1. The molecule has 1 saturated heterocycles. The van der Waals surface area contributed by atoms with Crippen molar-refractivity contribution < 1.29 is 4.79 Å². The third kappa shape index (κ3) is 3.28. The fourth-order valence-electron chi connectivity index (χ4n) is 2.37. The predicted octanol–water partition coefficient (Wildman–Crippen LogP) is 1.64. The van der Waals surface area contributed by atoms with Crippen molar-refractivity contribution in [1.82, 2.24) is 10.6 Å². The van der Waals surface area contributed by atoms with Crippen molar-refractivity contribution in [2.45, 2.75) is 25.4 Å². The van der Waals surface area contributed by atoms with Gasteiger partial charge in [0.15, 0.2) is 0 Å². The topological polar surface area (TPSA) is 44.4 Å². The Hall–Kier alpha value is -1.07. The first-order valence-corrected chi connectivity index (χ1v) is 7.55. The molecule has 1 aliphatic heterocycles. The normalized spacial score (nSPS) is 19.4. The number of carbonyl (C=O) groups is 1. The monoisotopic (exact) mass is 323 g/mol. The zero-order valence-corrected chi connectivity index (χ0v) is 12.4. The standard InChI is InChI=1S/C14H18BrN3O/c15-11-2-1-10(8-17-12-3-4-12)13(7-11)18-6-5-16-14(19)9-18/h1-2,7,12,17H,3-6,8-9H2,(H,16,19). The second-order valence-corrected chi connectivity index (χ2v) is 6.12. The molecule has 3 rings (SSSR count). The van der Waals surface area contributed by atoms with Crippen LogP contribution in [-0.2, 0) is 11.3 Å². The molecule has 0 aromatic heterocycles. The van der Waals surface area contributed by atoms with Gasteiger partial charge in [-0.05, 0) is 30.5 Å². The minimum Gasteiger partial charge on any atom is -0.360 e. The molecule has 0 spiro atoms. The molecule has 1 amide bonds. The summed E-state index contributed by atoms with van der Waals surface area (Å²) in [5.74, 6) is 0.104. The van der Waals surface area contributed by atoms with E-state index < -0.39 is 0 Å². The summed E-state index contributed by atoms with van der Waals surface area (Å²) < 4.78 is 1.06. The van der Waals surface area contributed by atoms with Gasteiger partial charge in [0.1, 0.15) is 0 Å². The van der Waals surface area contributed by atoms with Crippen LogP contribution >= 0.6 is 15.9 Å². The molecule has 1 aromatic carbocycles. The van der Waals surface area contributed by atoms with Crippen LogP contribution in [0.5, 0.6) is 0 Å². The molecule has 2 fully saturated rings. The Kier molecular flexibility index (Phi) is 3.75. The molecule has 0 radical (unpaired) electrons. The van der Waals surface area contributed by atoms with E-state index in [4.69, 9.17) is 0 Å². The molecule has 1 heterocycles. The average Bonchev–Trinajstić information content (AvgIpc) is 3.21. The number of halogens is 1. The van der Waals surface area contributed by atoms with Gasteiger partial charge in [0.25, 0.3) is 0 Å². The van der Waals surface area contributed by atoms with Crippen LogP contribution in [0.2, 0.25) is 0 Å². The van der Waals surface area contributed by atoms with Crippen LogP contribution in [0.25, 0.3) is 0 Å². The lowest BCUT2D eigenvalue weighted by molar-refractivity contribution is -0.120. The Morgan fingerprint density at radius 3 is 3.00 bits per heavy atom. The van der Waals surface area contributed by atoms with E-state index in [1.807, 2.05) is 0 Å². The van der Waals surface area contributed by atoms with Crippen LogP contribution in [0.15, 0.2) is 22.7 Å². The molecule has 2 N–H and O–H groups in total. The van der Waals surface area contributed by atoms with Crippen LogP contribution in [0.4, 0.5) is 5.69 Å². The summed E-state index contributed by atoms with van der Waals surface area (Å²) >= 11 is 3.52. The van der Waals surface area contributed by atoms with Gasteiger partial charge in [-0.2, -0.15) is 0 Å². The highest BCUT2D eigenvalue weighted by molar-refractivity contribution is 9.10. The average molecular weight is 324 g/mol. The Bertz CT molecular complexity index is 488. The van der Waals surface area contributed by atoms with Crippen LogP contribution in [0.3, 0.4) is 0 Å². The van der Waals surface area contributed by atoms with Crippen molar-refractivity contribution in [2.24, 2.45) is 0 Å². The molecule has 102 valence electrons. The Morgan fingerprint density at radius 1 is 1.42 bits per heavy atom. The number of rotatable bonds is 4. The SMILES string of the molecule is O=C1CN(c2cc(Br)ccc2CNC2CC2)CCN1. The molecule has 2 aliphatic rings. The van der Waals surface area contributed by atoms with Gasteiger partial charge in [0, 0.05) is 35.8 Å². The molecule has 1 saturated carbocycles. The smallest absolute Gasteiger partial charge is 0.239 e. The predicted molar refractivity (Wildman–Crippen MR) is 79.2 cm³/mol. The number of anilines is 1. The number of amides is 1. The van der Waals surface area contributed by atoms with Gasteiger partial charge in [0.05, 0.1) is 6.54 Å². The van der Waals surface area contributed by atoms with Crippen LogP contribution in [-0.4, -0.2) is 31.6 Å². The van der Waals surface area contributed by atoms with Gasteiger partial charge in [0.2, 0.25) is 5.91 Å². The summed E-state index contributed by atoms with van der Waals surface area (Å²) in [4.78, 5) is 13.7. The summed E-state index contributed by atoms with van der Waals surface area (Å²) in [5, 5.41) is 6.41. The highest BCUT2D eigenvalue weighted by Crippen LogP contribution is 2.27. The van der Waals surface area contributed by atoms with Crippen LogP contribution in [0, 0.1) is 0 Å². The maximum atomic E-state index is 11.5. The van der Waals surface area contributed by atoms with Crippen LogP contribution in [0.1, 0.15) is 18.4 Å². The highest BCUT2D eigenvalue weighted by atomic mass is 79.9. The molecular formula is C14H18BrN3O. The zero-order valence-electron chi connectivity index (χ0n) is 10.8. The molecule has 5 heteroatoms. The number of carbonyl (C=O) groups excluding carboxylic acids is 1. The number of benzene rings is 1. The van der Waals surface area contributed by atoms with E-state index in [2.05, 4.69) is 49.7 Å². The number of nitrogens with one attached hydrogen (secondary N) is 2. The van der Waals surface area contributed by atoms with Crippen molar-refractivity contribution in [3.05, 3.63) is 28.2 Å². The van der Waals surface area contributed by atoms with Crippen molar-refractivity contribution in [3.63, 3.8) is 0 Å². The van der Waals surface area contributed by atoms with E-state index in [0.29, 0.717) is 12.6 Å². The number of hydrogen-bond acceptors (Lipinski definition) is 3. The summed E-state index contributed by atoms with van der Waals surface area (Å²) in [5.41, 5.74) is 2.43. The maximum absolute atomic E-state index is 11.5. The molecule has 0 atom stereocenters. The Morgan fingerprint density at radius 2 is 2.26 bits per heavy atom.